The first kappa shape index (κ1) is 13.9. The zero-order valence-corrected chi connectivity index (χ0v) is 13.3. The lowest BCUT2D eigenvalue weighted by Gasteiger charge is -2.23. The van der Waals surface area contributed by atoms with Crippen molar-refractivity contribution in [1.82, 2.24) is 5.01 Å². The first-order valence-corrected chi connectivity index (χ1v) is 7.53. The van der Waals surface area contributed by atoms with Crippen LogP contribution in [0, 0.1) is 0 Å². The van der Waals surface area contributed by atoms with Crippen LogP contribution in [0.1, 0.15) is 16.8 Å². The molecule has 6 heteroatoms. The molecule has 0 bridgehead atoms. The van der Waals surface area contributed by atoms with Crippen molar-refractivity contribution in [3.63, 3.8) is 0 Å². The van der Waals surface area contributed by atoms with Gasteiger partial charge in [0.25, 0.3) is 5.91 Å². The maximum absolute atomic E-state index is 12.7. The third-order valence-electron chi connectivity index (χ3n) is 3.24. The molecular formula is C14H9BrCl2N2O. The molecule has 0 aromatic heterocycles. The fraction of sp³-hybridized carbons (Fsp3) is 0.143. The van der Waals surface area contributed by atoms with Gasteiger partial charge in [-0.1, -0.05) is 47.5 Å². The topological polar surface area (TPSA) is 32.7 Å². The summed E-state index contributed by atoms with van der Waals surface area (Å²) in [6, 6.07) is 4.90. The fourth-order valence-electron chi connectivity index (χ4n) is 2.28. The molecule has 0 saturated heterocycles. The van der Waals surface area contributed by atoms with E-state index in [4.69, 9.17) is 23.2 Å². The fourth-order valence-corrected chi connectivity index (χ4v) is 3.41. The van der Waals surface area contributed by atoms with Crippen LogP contribution in [0.3, 0.4) is 0 Å². The second kappa shape index (κ2) is 5.35. The molecule has 20 heavy (non-hydrogen) atoms. The smallest absolute Gasteiger partial charge is 0.267 e. The minimum absolute atomic E-state index is 0.103. The molecule has 3 rings (SSSR count). The molecule has 1 aromatic rings. The van der Waals surface area contributed by atoms with Crippen LogP contribution >= 0.6 is 39.1 Å². The largest absolute Gasteiger partial charge is 0.277 e. The van der Waals surface area contributed by atoms with E-state index < -0.39 is 0 Å². The lowest BCUT2D eigenvalue weighted by atomic mass is 10.00. The van der Waals surface area contributed by atoms with Gasteiger partial charge in [-0.15, -0.1) is 0 Å². The number of hydrazone groups is 1. The van der Waals surface area contributed by atoms with Gasteiger partial charge >= 0.3 is 0 Å². The van der Waals surface area contributed by atoms with E-state index in [0.29, 0.717) is 14.7 Å². The van der Waals surface area contributed by atoms with E-state index in [9.17, 15) is 4.79 Å². The monoisotopic (exact) mass is 370 g/mol. The molecule has 102 valence electrons. The Morgan fingerprint density at radius 2 is 2.05 bits per heavy atom. The first-order valence-electron chi connectivity index (χ1n) is 5.98. The lowest BCUT2D eigenvalue weighted by molar-refractivity contribution is 0.0731. The predicted octanol–water partition coefficient (Wildman–Crippen LogP) is 4.41. The Hall–Kier alpha value is -1.10. The van der Waals surface area contributed by atoms with Crippen molar-refractivity contribution in [1.29, 1.82) is 0 Å². The highest BCUT2D eigenvalue weighted by molar-refractivity contribution is 9.18. The van der Waals surface area contributed by atoms with E-state index in [1.54, 1.807) is 18.2 Å². The van der Waals surface area contributed by atoms with E-state index in [-0.39, 0.29) is 17.5 Å². The molecule has 2 aliphatic rings. The lowest BCUT2D eigenvalue weighted by Crippen LogP contribution is -2.34. The number of hydrogen-bond donors (Lipinski definition) is 0. The number of fused-ring (bicyclic) bond motifs is 1. The molecule has 3 nitrogen and oxygen atoms in total. The van der Waals surface area contributed by atoms with E-state index in [2.05, 4.69) is 21.0 Å². The molecule has 0 radical (unpaired) electrons. The van der Waals surface area contributed by atoms with Crippen LogP contribution in [0.4, 0.5) is 0 Å². The van der Waals surface area contributed by atoms with Gasteiger partial charge in [0, 0.05) is 5.57 Å². The van der Waals surface area contributed by atoms with Gasteiger partial charge in [-0.05, 0) is 34.5 Å². The van der Waals surface area contributed by atoms with Crippen molar-refractivity contribution in [2.45, 2.75) is 12.5 Å². The molecule has 1 aliphatic heterocycles. The predicted molar refractivity (Wildman–Crippen MR) is 84.6 cm³/mol. The van der Waals surface area contributed by atoms with Crippen molar-refractivity contribution in [2.24, 2.45) is 5.10 Å². The number of hydrogen-bond acceptors (Lipinski definition) is 2. The number of amides is 1. The molecule has 0 N–H and O–H groups in total. The van der Waals surface area contributed by atoms with E-state index >= 15 is 0 Å². The standard InChI is InChI=1S/C14H9BrCl2N2O/c15-13-8-4-1-2-7-11(8)19(18-13)14(20)12-9(16)5-3-6-10(12)17/h1-6,11H,7H2. The summed E-state index contributed by atoms with van der Waals surface area (Å²) in [5.74, 6) is -0.291. The maximum atomic E-state index is 12.7. The Labute approximate surface area is 134 Å². The molecular weight excluding hydrogens is 363 g/mol. The number of benzene rings is 1. The molecule has 1 aliphatic carbocycles. The highest BCUT2D eigenvalue weighted by atomic mass is 79.9. The molecule has 0 fully saturated rings. The van der Waals surface area contributed by atoms with Crippen molar-refractivity contribution in [2.75, 3.05) is 0 Å². The SMILES string of the molecule is O=C(c1c(Cl)cccc1Cl)N1N=C(Br)C2=CC=CCC21. The van der Waals surface area contributed by atoms with Gasteiger partial charge < -0.3 is 0 Å². The zero-order valence-electron chi connectivity index (χ0n) is 10.2. The molecule has 0 saturated carbocycles. The number of carbonyl (C=O) groups excluding carboxylic acids is 1. The van der Waals surface area contributed by atoms with Gasteiger partial charge in [-0.2, -0.15) is 5.10 Å². The second-order valence-electron chi connectivity index (χ2n) is 4.44. The number of rotatable bonds is 1. The van der Waals surface area contributed by atoms with Gasteiger partial charge in [0.1, 0.15) is 4.62 Å². The van der Waals surface area contributed by atoms with Gasteiger partial charge in [-0.25, -0.2) is 5.01 Å². The molecule has 1 unspecified atom stereocenters. The minimum Gasteiger partial charge on any atom is -0.267 e. The summed E-state index contributed by atoms with van der Waals surface area (Å²) in [6.45, 7) is 0. The Balaban J connectivity index is 2.00. The summed E-state index contributed by atoms with van der Waals surface area (Å²) in [7, 11) is 0. The maximum Gasteiger partial charge on any atom is 0.277 e. The number of nitrogens with zero attached hydrogens (tertiary/aromatic N) is 2. The first-order chi connectivity index (χ1) is 9.59. The number of allylic oxidation sites excluding steroid dienone is 2. The number of halogens is 3. The molecule has 1 atom stereocenters. The molecule has 1 amide bonds. The third-order valence-corrected chi connectivity index (χ3v) is 4.49. The minimum atomic E-state index is -0.291. The van der Waals surface area contributed by atoms with Gasteiger partial charge in [0.15, 0.2) is 0 Å². The average molecular weight is 372 g/mol. The summed E-state index contributed by atoms with van der Waals surface area (Å²) in [5.41, 5.74) is 1.28. The van der Waals surface area contributed by atoms with Crippen LogP contribution in [-0.2, 0) is 0 Å². The van der Waals surface area contributed by atoms with Crippen molar-refractivity contribution in [3.05, 3.63) is 57.6 Å². The van der Waals surface area contributed by atoms with Crippen molar-refractivity contribution in [3.8, 4) is 0 Å². The van der Waals surface area contributed by atoms with Crippen molar-refractivity contribution < 1.29 is 4.79 Å². The van der Waals surface area contributed by atoms with Gasteiger partial charge in [0.05, 0.1) is 21.7 Å². The Bertz CT molecular complexity index is 662. The quantitative estimate of drug-likeness (QED) is 0.719. The Kier molecular flexibility index (Phi) is 3.71. The van der Waals surface area contributed by atoms with Gasteiger partial charge in [0.2, 0.25) is 0 Å². The molecule has 1 heterocycles. The highest BCUT2D eigenvalue weighted by Gasteiger charge is 2.36. The zero-order chi connectivity index (χ0) is 14.3. The van der Waals surface area contributed by atoms with Crippen LogP contribution in [-0.4, -0.2) is 21.6 Å². The van der Waals surface area contributed by atoms with E-state index in [1.807, 2.05) is 18.2 Å². The van der Waals surface area contributed by atoms with Crippen LogP contribution in [0.2, 0.25) is 10.0 Å². The second-order valence-corrected chi connectivity index (χ2v) is 6.00. The summed E-state index contributed by atoms with van der Waals surface area (Å²) in [6.07, 6.45) is 6.63. The third kappa shape index (κ3) is 2.22. The van der Waals surface area contributed by atoms with E-state index in [0.717, 1.165) is 12.0 Å². The van der Waals surface area contributed by atoms with E-state index in [1.165, 1.54) is 5.01 Å². The summed E-state index contributed by atoms with van der Waals surface area (Å²) < 4.78 is 0.670. The molecule has 0 spiro atoms. The summed E-state index contributed by atoms with van der Waals surface area (Å²) >= 11 is 15.6. The van der Waals surface area contributed by atoms with Gasteiger partial charge in [-0.3, -0.25) is 4.79 Å². The van der Waals surface area contributed by atoms with Crippen LogP contribution in [0.25, 0.3) is 0 Å². The summed E-state index contributed by atoms with van der Waals surface area (Å²) in [4.78, 5) is 12.7. The number of carbonyl (C=O) groups is 1. The highest BCUT2D eigenvalue weighted by Crippen LogP contribution is 2.33. The Morgan fingerprint density at radius 3 is 2.75 bits per heavy atom. The normalized spacial score (nSPS) is 20.6. The summed E-state index contributed by atoms with van der Waals surface area (Å²) in [5, 5.41) is 6.38. The van der Waals surface area contributed by atoms with Crippen molar-refractivity contribution >= 4 is 49.7 Å². The average Bonchev–Trinajstić information content (AvgIpc) is 2.76. The van der Waals surface area contributed by atoms with Crippen LogP contribution < -0.4 is 0 Å². The molecule has 1 aromatic carbocycles. The van der Waals surface area contributed by atoms with Crippen LogP contribution in [0.5, 0.6) is 0 Å². The van der Waals surface area contributed by atoms with Crippen LogP contribution in [0.15, 0.2) is 47.1 Å². The Morgan fingerprint density at radius 1 is 1.35 bits per heavy atom.